The van der Waals surface area contributed by atoms with E-state index in [1.807, 2.05) is 32.8 Å². The second kappa shape index (κ2) is 5.74. The molecular formula is C11H20N6O. The number of hydrazine groups is 1. The summed E-state index contributed by atoms with van der Waals surface area (Å²) >= 11 is 0. The fourth-order valence-electron chi connectivity index (χ4n) is 1.07. The summed E-state index contributed by atoms with van der Waals surface area (Å²) in [4.78, 5) is 21.8. The van der Waals surface area contributed by atoms with Crippen LogP contribution >= 0.6 is 0 Å². The second-order valence-corrected chi connectivity index (χ2v) is 4.82. The summed E-state index contributed by atoms with van der Waals surface area (Å²) in [5.74, 6) is 5.33. The number of hydrogen-bond acceptors (Lipinski definition) is 6. The molecule has 0 saturated carbocycles. The zero-order valence-corrected chi connectivity index (χ0v) is 11.2. The fraction of sp³-hybridized carbons (Fsp3) is 0.545. The van der Waals surface area contributed by atoms with E-state index in [9.17, 15) is 4.79 Å². The van der Waals surface area contributed by atoms with Crippen molar-refractivity contribution in [3.8, 4) is 0 Å². The molecule has 7 nitrogen and oxygen atoms in total. The van der Waals surface area contributed by atoms with Crippen molar-refractivity contribution < 1.29 is 4.79 Å². The van der Waals surface area contributed by atoms with Crippen LogP contribution in [0.1, 0.15) is 24.3 Å². The number of likely N-dealkylation sites (N-methyl/N-ethyl adjacent to an activating group) is 1. The Kier molecular flexibility index (Phi) is 4.57. The number of carbonyl (C=O) groups is 1. The van der Waals surface area contributed by atoms with Crippen LogP contribution in [0.3, 0.4) is 0 Å². The molecule has 0 spiro atoms. The van der Waals surface area contributed by atoms with Crippen LogP contribution in [0.4, 0.5) is 5.82 Å². The van der Waals surface area contributed by atoms with Crippen molar-refractivity contribution in [2.45, 2.75) is 19.4 Å². The van der Waals surface area contributed by atoms with Crippen molar-refractivity contribution in [3.05, 3.63) is 18.1 Å². The lowest BCUT2D eigenvalue weighted by Gasteiger charge is -2.32. The molecule has 7 heteroatoms. The summed E-state index contributed by atoms with van der Waals surface area (Å²) in [5.41, 5.74) is 2.50. The molecule has 0 aliphatic heterocycles. The number of aromatic nitrogens is 2. The van der Waals surface area contributed by atoms with Gasteiger partial charge in [0.25, 0.3) is 5.91 Å². The predicted molar refractivity (Wildman–Crippen MR) is 69.9 cm³/mol. The zero-order valence-electron chi connectivity index (χ0n) is 11.2. The first-order valence-corrected chi connectivity index (χ1v) is 5.61. The predicted octanol–water partition coefficient (Wildman–Crippen LogP) is -0.168. The van der Waals surface area contributed by atoms with E-state index in [0.717, 1.165) is 0 Å². The van der Waals surface area contributed by atoms with Gasteiger partial charge in [0.15, 0.2) is 5.82 Å². The SMILES string of the molecule is CN(C)C(C)(C)CNC(=O)c1cnc(NN)cn1. The monoisotopic (exact) mass is 252 g/mol. The van der Waals surface area contributed by atoms with Gasteiger partial charge < -0.3 is 15.6 Å². The van der Waals surface area contributed by atoms with Gasteiger partial charge in [-0.25, -0.2) is 15.8 Å². The normalized spacial score (nSPS) is 11.4. The van der Waals surface area contributed by atoms with Crippen molar-refractivity contribution in [1.82, 2.24) is 20.2 Å². The highest BCUT2D eigenvalue weighted by Gasteiger charge is 2.21. The average molecular weight is 252 g/mol. The van der Waals surface area contributed by atoms with Crippen molar-refractivity contribution in [2.24, 2.45) is 5.84 Å². The smallest absolute Gasteiger partial charge is 0.271 e. The van der Waals surface area contributed by atoms with E-state index in [4.69, 9.17) is 5.84 Å². The fourth-order valence-corrected chi connectivity index (χ4v) is 1.07. The highest BCUT2D eigenvalue weighted by molar-refractivity contribution is 5.92. The number of nitrogen functional groups attached to an aromatic ring is 1. The lowest BCUT2D eigenvalue weighted by atomic mass is 10.0. The first-order valence-electron chi connectivity index (χ1n) is 5.61. The highest BCUT2D eigenvalue weighted by Crippen LogP contribution is 2.08. The lowest BCUT2D eigenvalue weighted by molar-refractivity contribution is 0.0914. The van der Waals surface area contributed by atoms with Gasteiger partial charge in [-0.2, -0.15) is 0 Å². The summed E-state index contributed by atoms with van der Waals surface area (Å²) in [6.45, 7) is 4.61. The molecule has 0 saturated heterocycles. The summed E-state index contributed by atoms with van der Waals surface area (Å²) in [7, 11) is 3.93. The molecule has 1 rings (SSSR count). The maximum Gasteiger partial charge on any atom is 0.271 e. The van der Waals surface area contributed by atoms with Crippen LogP contribution in [0.15, 0.2) is 12.4 Å². The number of nitrogens with one attached hydrogen (secondary N) is 2. The van der Waals surface area contributed by atoms with E-state index in [0.29, 0.717) is 12.4 Å². The van der Waals surface area contributed by atoms with Crippen molar-refractivity contribution >= 4 is 11.7 Å². The minimum absolute atomic E-state index is 0.123. The van der Waals surface area contributed by atoms with Crippen LogP contribution < -0.4 is 16.6 Å². The Bertz CT molecular complexity index is 400. The standard InChI is InChI=1S/C11H20N6O/c1-11(2,17(3)4)7-15-10(18)8-5-14-9(16-12)6-13-8/h5-6H,7,12H2,1-4H3,(H,14,16)(H,15,18). The van der Waals surface area contributed by atoms with Crippen molar-refractivity contribution in [1.29, 1.82) is 0 Å². The second-order valence-electron chi connectivity index (χ2n) is 4.82. The van der Waals surface area contributed by atoms with Gasteiger partial charge in [0.05, 0.1) is 12.4 Å². The highest BCUT2D eigenvalue weighted by atomic mass is 16.1. The number of amides is 1. The molecule has 0 aliphatic carbocycles. The van der Waals surface area contributed by atoms with Crippen LogP contribution in [0.2, 0.25) is 0 Å². The Morgan fingerprint density at radius 3 is 2.50 bits per heavy atom. The lowest BCUT2D eigenvalue weighted by Crippen LogP contribution is -2.48. The summed E-state index contributed by atoms with van der Waals surface area (Å²) < 4.78 is 0. The summed E-state index contributed by atoms with van der Waals surface area (Å²) in [6.07, 6.45) is 2.79. The maximum absolute atomic E-state index is 11.8. The molecule has 0 fully saturated rings. The minimum Gasteiger partial charge on any atom is -0.349 e. The quantitative estimate of drug-likeness (QED) is 0.497. The van der Waals surface area contributed by atoms with Gasteiger partial charge in [0.1, 0.15) is 5.69 Å². The van der Waals surface area contributed by atoms with Gasteiger partial charge in [0.2, 0.25) is 0 Å². The molecule has 0 radical (unpaired) electrons. The van der Waals surface area contributed by atoms with Gasteiger partial charge >= 0.3 is 0 Å². The van der Waals surface area contributed by atoms with Crippen LogP contribution in [0.5, 0.6) is 0 Å². The Morgan fingerprint density at radius 2 is 2.06 bits per heavy atom. The molecule has 0 aromatic carbocycles. The summed E-state index contributed by atoms with van der Waals surface area (Å²) in [6, 6.07) is 0. The van der Waals surface area contributed by atoms with E-state index in [1.165, 1.54) is 12.4 Å². The van der Waals surface area contributed by atoms with Crippen molar-refractivity contribution in [2.75, 3.05) is 26.1 Å². The van der Waals surface area contributed by atoms with E-state index in [2.05, 4.69) is 20.7 Å². The van der Waals surface area contributed by atoms with Gasteiger partial charge in [0, 0.05) is 12.1 Å². The molecular weight excluding hydrogens is 232 g/mol. The third-order valence-corrected chi connectivity index (χ3v) is 2.92. The van der Waals surface area contributed by atoms with Gasteiger partial charge in [-0.15, -0.1) is 0 Å². The topological polar surface area (TPSA) is 96.2 Å². The largest absolute Gasteiger partial charge is 0.349 e. The van der Waals surface area contributed by atoms with E-state index < -0.39 is 0 Å². The average Bonchev–Trinajstić information content (AvgIpc) is 2.36. The maximum atomic E-state index is 11.8. The van der Waals surface area contributed by atoms with Gasteiger partial charge in [-0.3, -0.25) is 4.79 Å². The number of anilines is 1. The third-order valence-electron chi connectivity index (χ3n) is 2.92. The zero-order chi connectivity index (χ0) is 13.8. The molecule has 0 unspecified atom stereocenters. The number of hydrogen-bond donors (Lipinski definition) is 3. The van der Waals surface area contributed by atoms with Crippen LogP contribution in [-0.4, -0.2) is 47.0 Å². The molecule has 1 amide bonds. The molecule has 0 bridgehead atoms. The summed E-state index contributed by atoms with van der Waals surface area (Å²) in [5, 5.41) is 2.82. The molecule has 18 heavy (non-hydrogen) atoms. The number of nitrogens with two attached hydrogens (primary N) is 1. The number of carbonyl (C=O) groups excluding carboxylic acids is 1. The molecule has 1 heterocycles. The Labute approximate surface area is 107 Å². The van der Waals surface area contributed by atoms with Crippen LogP contribution in [0.25, 0.3) is 0 Å². The van der Waals surface area contributed by atoms with Crippen molar-refractivity contribution in [3.63, 3.8) is 0 Å². The minimum atomic E-state index is -0.249. The third kappa shape index (κ3) is 3.64. The molecule has 100 valence electrons. The molecule has 0 aliphatic rings. The molecule has 4 N–H and O–H groups in total. The van der Waals surface area contributed by atoms with Gasteiger partial charge in [-0.1, -0.05) is 0 Å². The van der Waals surface area contributed by atoms with E-state index in [-0.39, 0.29) is 17.1 Å². The molecule has 0 atom stereocenters. The van der Waals surface area contributed by atoms with Crippen LogP contribution in [-0.2, 0) is 0 Å². The van der Waals surface area contributed by atoms with Crippen LogP contribution in [0, 0.1) is 0 Å². The van der Waals surface area contributed by atoms with E-state index >= 15 is 0 Å². The Balaban J connectivity index is 2.60. The molecule has 1 aromatic rings. The number of rotatable bonds is 5. The Hall–Kier alpha value is -1.73. The van der Waals surface area contributed by atoms with E-state index in [1.54, 1.807) is 0 Å². The number of nitrogens with zero attached hydrogens (tertiary/aromatic N) is 3. The first-order chi connectivity index (χ1) is 8.36. The molecule has 1 aromatic heterocycles. The van der Waals surface area contributed by atoms with Gasteiger partial charge in [-0.05, 0) is 27.9 Å². The first kappa shape index (κ1) is 14.3. The Morgan fingerprint density at radius 1 is 1.39 bits per heavy atom.